The van der Waals surface area contributed by atoms with E-state index in [9.17, 15) is 9.59 Å². The van der Waals surface area contributed by atoms with E-state index in [4.69, 9.17) is 5.11 Å². The average molecular weight is 275 g/mol. The summed E-state index contributed by atoms with van der Waals surface area (Å²) in [6.45, 7) is 11.8. The number of carbonyl (C=O) groups excluding carboxylic acids is 1. The second-order valence-electron chi connectivity index (χ2n) is 5.86. The maximum atomic E-state index is 11.8. The summed E-state index contributed by atoms with van der Waals surface area (Å²) in [6.07, 6.45) is 0.0222. The summed E-state index contributed by atoms with van der Waals surface area (Å²) in [6, 6.07) is 0.0616. The molecule has 2 N–H and O–H groups in total. The van der Waals surface area contributed by atoms with Gasteiger partial charge in [-0.05, 0) is 12.8 Å². The van der Waals surface area contributed by atoms with Gasteiger partial charge in [0, 0.05) is 17.2 Å². The van der Waals surface area contributed by atoms with Gasteiger partial charge in [-0.2, -0.15) is 0 Å². The van der Waals surface area contributed by atoms with Crippen LogP contribution in [0.2, 0.25) is 0 Å². The van der Waals surface area contributed by atoms with Crippen molar-refractivity contribution in [1.82, 2.24) is 5.32 Å². The second-order valence-corrected chi connectivity index (χ2v) is 7.89. The maximum Gasteiger partial charge on any atom is 0.317 e. The highest BCUT2D eigenvalue weighted by atomic mass is 32.2. The van der Waals surface area contributed by atoms with Gasteiger partial charge in [-0.1, -0.05) is 34.6 Å². The molecule has 0 saturated carbocycles. The Balaban J connectivity index is 4.43. The largest absolute Gasteiger partial charge is 0.480 e. The fraction of sp³-hybridized carbons (Fsp3) is 0.846. The lowest BCUT2D eigenvalue weighted by atomic mass is 10.1. The normalized spacial score (nSPS) is 15.3. The van der Waals surface area contributed by atoms with Gasteiger partial charge in [0.25, 0.3) is 0 Å². The fourth-order valence-electron chi connectivity index (χ4n) is 1.25. The zero-order chi connectivity index (χ0) is 14.5. The number of nitrogens with one attached hydrogen (secondary N) is 1. The molecule has 0 bridgehead atoms. The molecule has 0 spiro atoms. The van der Waals surface area contributed by atoms with Crippen LogP contribution in [0.1, 0.15) is 48.0 Å². The molecule has 0 aromatic heterocycles. The van der Waals surface area contributed by atoms with E-state index >= 15 is 0 Å². The molecule has 0 aromatic rings. The molecule has 0 radical (unpaired) electrons. The molecule has 0 aromatic carbocycles. The van der Waals surface area contributed by atoms with Crippen LogP contribution in [0, 0.1) is 5.92 Å². The summed E-state index contributed by atoms with van der Waals surface area (Å²) in [4.78, 5) is 22.9. The monoisotopic (exact) mass is 275 g/mol. The number of hydrogen-bond acceptors (Lipinski definition) is 3. The highest BCUT2D eigenvalue weighted by molar-refractivity contribution is 8.01. The van der Waals surface area contributed by atoms with Crippen LogP contribution in [-0.4, -0.2) is 33.0 Å². The van der Waals surface area contributed by atoms with Crippen LogP contribution < -0.4 is 5.32 Å². The second kappa shape index (κ2) is 7.02. The molecule has 18 heavy (non-hydrogen) atoms. The summed E-state index contributed by atoms with van der Waals surface area (Å²) in [5, 5.41) is 11.3. The minimum atomic E-state index is -0.928. The number of carboxylic acid groups (broad SMARTS) is 1. The molecule has 2 unspecified atom stereocenters. The third kappa shape index (κ3) is 7.58. The van der Waals surface area contributed by atoms with Crippen molar-refractivity contribution in [2.75, 3.05) is 0 Å². The number of carboxylic acids is 1. The Morgan fingerprint density at radius 3 is 2.06 bits per heavy atom. The van der Waals surface area contributed by atoms with Crippen molar-refractivity contribution < 1.29 is 14.7 Å². The van der Waals surface area contributed by atoms with E-state index in [0.29, 0.717) is 5.92 Å². The van der Waals surface area contributed by atoms with Crippen molar-refractivity contribution in [3.8, 4) is 0 Å². The molecule has 0 aliphatic rings. The van der Waals surface area contributed by atoms with Crippen molar-refractivity contribution in [3.63, 3.8) is 0 Å². The van der Waals surface area contributed by atoms with Crippen LogP contribution in [0.15, 0.2) is 0 Å². The van der Waals surface area contributed by atoms with Crippen LogP contribution in [0.25, 0.3) is 0 Å². The average Bonchev–Trinajstić information content (AvgIpc) is 2.13. The Bertz CT molecular complexity index is 297. The van der Waals surface area contributed by atoms with E-state index in [1.54, 1.807) is 0 Å². The van der Waals surface area contributed by atoms with E-state index in [2.05, 4.69) is 5.32 Å². The summed E-state index contributed by atoms with van der Waals surface area (Å²) in [7, 11) is 0. The van der Waals surface area contributed by atoms with Gasteiger partial charge in [0.1, 0.15) is 5.25 Å². The van der Waals surface area contributed by atoms with E-state index in [0.717, 1.165) is 0 Å². The molecule has 106 valence electrons. The van der Waals surface area contributed by atoms with Gasteiger partial charge < -0.3 is 10.4 Å². The van der Waals surface area contributed by atoms with E-state index in [1.165, 1.54) is 11.8 Å². The molecule has 5 heteroatoms. The molecule has 1 amide bonds. The molecule has 4 nitrogen and oxygen atoms in total. The minimum Gasteiger partial charge on any atom is -0.480 e. The Kier molecular flexibility index (Phi) is 6.74. The first-order valence-electron chi connectivity index (χ1n) is 6.23. The molecule has 2 atom stereocenters. The van der Waals surface area contributed by atoms with E-state index < -0.39 is 11.2 Å². The number of aliphatic carboxylic acids is 1. The third-order valence-electron chi connectivity index (χ3n) is 2.53. The number of carbonyl (C=O) groups is 2. The lowest BCUT2D eigenvalue weighted by molar-refractivity contribution is -0.138. The molecular weight excluding hydrogens is 250 g/mol. The van der Waals surface area contributed by atoms with Gasteiger partial charge in [-0.25, -0.2) is 0 Å². The predicted octanol–water partition coefficient (Wildman–Crippen LogP) is 2.52. The summed E-state index contributed by atoms with van der Waals surface area (Å²) in [5.41, 5.74) is 0. The van der Waals surface area contributed by atoms with Gasteiger partial charge in [0.05, 0.1) is 0 Å². The Morgan fingerprint density at radius 2 is 1.72 bits per heavy atom. The van der Waals surface area contributed by atoms with Gasteiger partial charge in [0.2, 0.25) is 5.91 Å². The SMILES string of the molecule is CC(C)C(C)NC(=O)CC(SC(C)(C)C)C(=O)O. The summed E-state index contributed by atoms with van der Waals surface area (Å²) in [5.74, 6) is -0.782. The lowest BCUT2D eigenvalue weighted by Crippen LogP contribution is -2.39. The van der Waals surface area contributed by atoms with E-state index in [1.807, 2.05) is 41.5 Å². The van der Waals surface area contributed by atoms with Gasteiger partial charge in [-0.3, -0.25) is 9.59 Å². The first-order valence-corrected chi connectivity index (χ1v) is 7.11. The molecule has 0 aliphatic heterocycles. The van der Waals surface area contributed by atoms with Crippen molar-refractivity contribution in [1.29, 1.82) is 0 Å². The van der Waals surface area contributed by atoms with E-state index in [-0.39, 0.29) is 23.1 Å². The van der Waals surface area contributed by atoms with Gasteiger partial charge in [0.15, 0.2) is 0 Å². The van der Waals surface area contributed by atoms with Gasteiger partial charge in [-0.15, -0.1) is 11.8 Å². The van der Waals surface area contributed by atoms with Crippen LogP contribution >= 0.6 is 11.8 Å². The quantitative estimate of drug-likeness (QED) is 0.781. The molecule has 0 fully saturated rings. The van der Waals surface area contributed by atoms with Crippen LogP contribution in [0.4, 0.5) is 0 Å². The fourth-order valence-corrected chi connectivity index (χ4v) is 2.44. The zero-order valence-corrected chi connectivity index (χ0v) is 12.9. The van der Waals surface area contributed by atoms with Crippen molar-refractivity contribution in [2.24, 2.45) is 5.92 Å². The zero-order valence-electron chi connectivity index (χ0n) is 12.1. The first kappa shape index (κ1) is 17.3. The number of rotatable bonds is 6. The maximum absolute atomic E-state index is 11.8. The third-order valence-corrected chi connectivity index (χ3v) is 3.89. The van der Waals surface area contributed by atoms with Crippen molar-refractivity contribution in [2.45, 2.75) is 64.0 Å². The summed E-state index contributed by atoms with van der Waals surface area (Å²) >= 11 is 1.31. The highest BCUT2D eigenvalue weighted by Gasteiger charge is 2.28. The molecule has 0 saturated heterocycles. The minimum absolute atomic E-state index is 0.0222. The van der Waals surface area contributed by atoms with Crippen molar-refractivity contribution >= 4 is 23.6 Å². The highest BCUT2D eigenvalue weighted by Crippen LogP contribution is 2.30. The molecule has 0 heterocycles. The summed E-state index contributed by atoms with van der Waals surface area (Å²) < 4.78 is -0.174. The Hall–Kier alpha value is -0.710. The van der Waals surface area contributed by atoms with Crippen LogP contribution in [0.5, 0.6) is 0 Å². The first-order chi connectivity index (χ1) is 8.03. The van der Waals surface area contributed by atoms with Crippen molar-refractivity contribution in [3.05, 3.63) is 0 Å². The Labute approximate surface area is 114 Å². The molecular formula is C13H25NO3S. The van der Waals surface area contributed by atoms with Crippen LogP contribution in [0.3, 0.4) is 0 Å². The number of thioether (sulfide) groups is 1. The van der Waals surface area contributed by atoms with Crippen LogP contribution in [-0.2, 0) is 9.59 Å². The van der Waals surface area contributed by atoms with Gasteiger partial charge >= 0.3 is 5.97 Å². The number of amides is 1. The standard InChI is InChI=1S/C13H25NO3S/c1-8(2)9(3)14-11(15)7-10(12(16)17)18-13(4,5)6/h8-10H,7H2,1-6H3,(H,14,15)(H,16,17). The Morgan fingerprint density at radius 1 is 1.22 bits per heavy atom. The topological polar surface area (TPSA) is 66.4 Å². The smallest absolute Gasteiger partial charge is 0.317 e. The molecule has 0 rings (SSSR count). The number of hydrogen-bond donors (Lipinski definition) is 2. The predicted molar refractivity (Wildman–Crippen MR) is 75.8 cm³/mol. The molecule has 0 aliphatic carbocycles. The lowest BCUT2D eigenvalue weighted by Gasteiger charge is -2.24.